The van der Waals surface area contributed by atoms with Gasteiger partial charge in [0, 0.05) is 4.90 Å². The van der Waals surface area contributed by atoms with Crippen molar-refractivity contribution in [2.75, 3.05) is 12.9 Å². The Kier molecular flexibility index (Phi) is 5.90. The monoisotopic (exact) mass is 386 g/mol. The molecule has 3 aromatic rings. The summed E-state index contributed by atoms with van der Waals surface area (Å²) >= 11 is 2.88. The van der Waals surface area contributed by atoms with Crippen molar-refractivity contribution < 1.29 is 14.3 Å². The average Bonchev–Trinajstić information content (AvgIpc) is 2.99. The molecule has 3 rings (SSSR count). The normalized spacial score (nSPS) is 11.7. The zero-order valence-electron chi connectivity index (χ0n) is 14.5. The van der Waals surface area contributed by atoms with E-state index in [1.54, 1.807) is 17.6 Å². The van der Waals surface area contributed by atoms with Crippen LogP contribution in [0.2, 0.25) is 0 Å². The van der Waals surface area contributed by atoms with E-state index < -0.39 is 0 Å². The topological polar surface area (TPSA) is 60.7 Å². The highest BCUT2D eigenvalue weighted by Crippen LogP contribution is 2.21. The van der Waals surface area contributed by atoms with E-state index in [1.165, 1.54) is 23.1 Å². The molecule has 0 N–H and O–H groups in total. The number of esters is 1. The summed E-state index contributed by atoms with van der Waals surface area (Å²) in [6.07, 6.45) is 1.92. The first-order valence-electron chi connectivity index (χ1n) is 8.10. The van der Waals surface area contributed by atoms with Crippen LogP contribution in [0.25, 0.3) is 10.2 Å². The Labute approximate surface area is 159 Å². The minimum Gasteiger partial charge on any atom is -0.465 e. The van der Waals surface area contributed by atoms with E-state index >= 15 is 0 Å². The van der Waals surface area contributed by atoms with Gasteiger partial charge in [0.2, 0.25) is 0 Å². The third-order valence-corrected chi connectivity index (χ3v) is 5.57. The van der Waals surface area contributed by atoms with Crippen molar-refractivity contribution >= 4 is 45.2 Å². The van der Waals surface area contributed by atoms with Gasteiger partial charge in [0.15, 0.2) is 4.80 Å². The maximum atomic E-state index is 12.7. The van der Waals surface area contributed by atoms with Crippen LogP contribution in [0.4, 0.5) is 0 Å². The Hall–Kier alpha value is -2.38. The molecule has 1 heterocycles. The van der Waals surface area contributed by atoms with Gasteiger partial charge in [-0.3, -0.25) is 9.59 Å². The molecule has 0 saturated carbocycles. The molecule has 0 radical (unpaired) electrons. The second-order valence-electron chi connectivity index (χ2n) is 5.36. The molecule has 134 valence electrons. The fourth-order valence-electron chi connectivity index (χ4n) is 2.56. The molecule has 0 aliphatic carbocycles. The Morgan fingerprint density at radius 1 is 1.15 bits per heavy atom. The average molecular weight is 386 g/mol. The molecule has 2 aromatic carbocycles. The second-order valence-corrected chi connectivity index (χ2v) is 7.22. The lowest BCUT2D eigenvalue weighted by Gasteiger charge is -2.05. The molecule has 26 heavy (non-hydrogen) atoms. The van der Waals surface area contributed by atoms with E-state index in [2.05, 4.69) is 4.99 Å². The summed E-state index contributed by atoms with van der Waals surface area (Å²) in [7, 11) is 0. The molecule has 1 aromatic heterocycles. The van der Waals surface area contributed by atoms with Crippen LogP contribution in [0.5, 0.6) is 0 Å². The van der Waals surface area contributed by atoms with Gasteiger partial charge in [-0.05, 0) is 37.4 Å². The van der Waals surface area contributed by atoms with Crippen LogP contribution in [0, 0.1) is 0 Å². The molecule has 0 bridgehead atoms. The zero-order valence-corrected chi connectivity index (χ0v) is 16.1. The SMILES string of the molecule is CCOC(=O)Cn1c(=NC(=O)c2ccccc2SC)sc2ccccc21. The summed E-state index contributed by atoms with van der Waals surface area (Å²) in [4.78, 5) is 30.4. The smallest absolute Gasteiger partial charge is 0.326 e. The number of thiazole rings is 1. The lowest BCUT2D eigenvalue weighted by molar-refractivity contribution is -0.143. The third-order valence-electron chi connectivity index (χ3n) is 3.72. The Morgan fingerprint density at radius 2 is 1.88 bits per heavy atom. The molecule has 0 aliphatic rings. The van der Waals surface area contributed by atoms with Crippen LogP contribution in [-0.2, 0) is 16.1 Å². The summed E-state index contributed by atoms with van der Waals surface area (Å²) < 4.78 is 7.75. The predicted molar refractivity (Wildman–Crippen MR) is 105 cm³/mol. The van der Waals surface area contributed by atoms with Crippen LogP contribution < -0.4 is 4.80 Å². The highest BCUT2D eigenvalue weighted by Gasteiger charge is 2.14. The summed E-state index contributed by atoms with van der Waals surface area (Å²) in [5, 5.41) is 0. The third kappa shape index (κ3) is 3.89. The van der Waals surface area contributed by atoms with Gasteiger partial charge < -0.3 is 9.30 Å². The Balaban J connectivity index is 2.10. The van der Waals surface area contributed by atoms with Gasteiger partial charge in [-0.1, -0.05) is 35.6 Å². The molecular formula is C19H18N2O3S2. The van der Waals surface area contributed by atoms with Crippen LogP contribution in [-0.4, -0.2) is 29.3 Å². The molecule has 0 fully saturated rings. The minimum atomic E-state index is -0.352. The molecule has 0 unspecified atom stereocenters. The number of aromatic nitrogens is 1. The molecule has 0 spiro atoms. The standard InChI is InChI=1S/C19H18N2O3S2/c1-3-24-17(22)12-21-14-9-5-7-11-16(14)26-19(21)20-18(23)13-8-4-6-10-15(13)25-2/h4-11H,3,12H2,1-2H3. The van der Waals surface area contributed by atoms with Crippen molar-refractivity contribution in [1.82, 2.24) is 4.57 Å². The number of amides is 1. The maximum absolute atomic E-state index is 12.7. The van der Waals surface area contributed by atoms with Gasteiger partial charge in [-0.2, -0.15) is 4.99 Å². The van der Waals surface area contributed by atoms with Gasteiger partial charge in [0.05, 0.1) is 22.4 Å². The number of carbonyl (C=O) groups excluding carboxylic acids is 2. The first-order valence-corrected chi connectivity index (χ1v) is 10.1. The summed E-state index contributed by atoms with van der Waals surface area (Å²) in [6.45, 7) is 2.10. The molecular weight excluding hydrogens is 368 g/mol. The number of nitrogens with zero attached hydrogens (tertiary/aromatic N) is 2. The molecule has 0 atom stereocenters. The summed E-state index contributed by atoms with van der Waals surface area (Å²) in [5.41, 5.74) is 1.41. The Bertz CT molecular complexity index is 1020. The van der Waals surface area contributed by atoms with Crippen molar-refractivity contribution in [3.05, 3.63) is 58.9 Å². The molecule has 0 saturated heterocycles. The van der Waals surface area contributed by atoms with E-state index in [0.717, 1.165) is 15.1 Å². The number of fused-ring (bicyclic) bond motifs is 1. The number of ether oxygens (including phenoxy) is 1. The minimum absolute atomic E-state index is 0.0220. The Morgan fingerprint density at radius 3 is 2.65 bits per heavy atom. The number of rotatable bonds is 5. The molecule has 0 aliphatic heterocycles. The van der Waals surface area contributed by atoms with Gasteiger partial charge in [0.25, 0.3) is 5.91 Å². The first-order chi connectivity index (χ1) is 12.6. The van der Waals surface area contributed by atoms with Gasteiger partial charge in [0.1, 0.15) is 6.54 Å². The highest BCUT2D eigenvalue weighted by molar-refractivity contribution is 7.98. The second kappa shape index (κ2) is 8.33. The number of hydrogen-bond acceptors (Lipinski definition) is 5. The predicted octanol–water partition coefficient (Wildman–Crippen LogP) is 3.73. The summed E-state index contributed by atoms with van der Waals surface area (Å²) in [6, 6.07) is 15.0. The quantitative estimate of drug-likeness (QED) is 0.495. The number of para-hydroxylation sites is 1. The zero-order chi connectivity index (χ0) is 18.5. The van der Waals surface area contributed by atoms with E-state index in [1.807, 2.05) is 48.7 Å². The first kappa shape index (κ1) is 18.4. The largest absolute Gasteiger partial charge is 0.465 e. The van der Waals surface area contributed by atoms with E-state index in [-0.39, 0.29) is 18.4 Å². The van der Waals surface area contributed by atoms with Gasteiger partial charge in [-0.15, -0.1) is 11.8 Å². The number of benzene rings is 2. The van der Waals surface area contributed by atoms with E-state index in [4.69, 9.17) is 4.74 Å². The fraction of sp³-hybridized carbons (Fsp3) is 0.211. The number of hydrogen-bond donors (Lipinski definition) is 0. The van der Waals surface area contributed by atoms with E-state index in [0.29, 0.717) is 17.0 Å². The van der Waals surface area contributed by atoms with Crippen molar-refractivity contribution in [3.63, 3.8) is 0 Å². The molecule has 1 amide bonds. The summed E-state index contributed by atoms with van der Waals surface area (Å²) in [5.74, 6) is -0.673. The van der Waals surface area contributed by atoms with Crippen LogP contribution in [0.3, 0.4) is 0 Å². The van der Waals surface area contributed by atoms with Crippen LogP contribution >= 0.6 is 23.1 Å². The number of carbonyl (C=O) groups is 2. The molecule has 7 heteroatoms. The highest BCUT2D eigenvalue weighted by atomic mass is 32.2. The van der Waals surface area contributed by atoms with Crippen molar-refractivity contribution in [2.45, 2.75) is 18.4 Å². The van der Waals surface area contributed by atoms with Crippen molar-refractivity contribution in [2.24, 2.45) is 4.99 Å². The van der Waals surface area contributed by atoms with Gasteiger partial charge >= 0.3 is 5.97 Å². The fourth-order valence-corrected chi connectivity index (χ4v) is 4.18. The van der Waals surface area contributed by atoms with Crippen molar-refractivity contribution in [1.29, 1.82) is 0 Å². The van der Waals surface area contributed by atoms with Crippen LogP contribution in [0.1, 0.15) is 17.3 Å². The number of thioether (sulfide) groups is 1. The molecule has 5 nitrogen and oxygen atoms in total. The lowest BCUT2D eigenvalue weighted by Crippen LogP contribution is -2.23. The van der Waals surface area contributed by atoms with Crippen molar-refractivity contribution in [3.8, 4) is 0 Å². The van der Waals surface area contributed by atoms with Gasteiger partial charge in [-0.25, -0.2) is 0 Å². The van der Waals surface area contributed by atoms with Crippen LogP contribution in [0.15, 0.2) is 58.4 Å². The lowest BCUT2D eigenvalue weighted by atomic mass is 10.2. The van der Waals surface area contributed by atoms with E-state index in [9.17, 15) is 9.59 Å². The maximum Gasteiger partial charge on any atom is 0.326 e.